The molecule has 0 aliphatic carbocycles. The highest BCUT2D eigenvalue weighted by Crippen LogP contribution is 2.27. The molecule has 1 aromatic heterocycles. The predicted molar refractivity (Wildman–Crippen MR) is 100 cm³/mol. The Morgan fingerprint density at radius 1 is 1.00 bits per heavy atom. The monoisotopic (exact) mass is 369 g/mol. The zero-order valence-corrected chi connectivity index (χ0v) is 15.3. The first-order valence-electron chi connectivity index (χ1n) is 8.05. The highest BCUT2D eigenvalue weighted by atomic mass is 32.2. The molecule has 2 aromatic carbocycles. The Morgan fingerprint density at radius 3 is 2.38 bits per heavy atom. The molecular weight excluding hydrogens is 350 g/mol. The van der Waals surface area contributed by atoms with E-state index in [1.165, 1.54) is 13.2 Å². The number of nitrogens with zero attached hydrogens (tertiary/aromatic N) is 1. The van der Waals surface area contributed by atoms with E-state index < -0.39 is 10.1 Å². The van der Waals surface area contributed by atoms with Crippen LogP contribution in [-0.2, 0) is 16.5 Å². The van der Waals surface area contributed by atoms with Crippen LogP contribution in [0, 0.1) is 6.92 Å². The molecule has 0 bridgehead atoms. The first-order valence-corrected chi connectivity index (χ1v) is 9.49. The smallest absolute Gasteiger partial charge is 0.294 e. The largest absolute Gasteiger partial charge is 0.481 e. The van der Waals surface area contributed by atoms with Crippen molar-refractivity contribution in [2.24, 2.45) is 0 Å². The second kappa shape index (κ2) is 7.27. The Labute approximate surface area is 153 Å². The normalized spacial score (nSPS) is 11.3. The van der Waals surface area contributed by atoms with Gasteiger partial charge < -0.3 is 4.74 Å². The molecule has 3 aromatic rings. The van der Waals surface area contributed by atoms with Crippen molar-refractivity contribution in [3.8, 4) is 17.1 Å². The summed E-state index contributed by atoms with van der Waals surface area (Å²) in [4.78, 5) is 4.44. The first kappa shape index (κ1) is 18.1. The number of pyridine rings is 1. The standard InChI is InChI=1S/C20H19NO4S/c1-14-8-11-19(26(22,23)24)17(12-14)13-16-9-10-18(21-20(16)25-2)15-6-4-3-5-7-15/h3-12H,13H2,1-2H3,(H,22,23,24). The van der Waals surface area contributed by atoms with Gasteiger partial charge in [-0.05, 0) is 24.6 Å². The topological polar surface area (TPSA) is 76.5 Å². The number of benzene rings is 2. The van der Waals surface area contributed by atoms with E-state index in [1.807, 2.05) is 49.4 Å². The number of methoxy groups -OCH3 is 1. The second-order valence-corrected chi connectivity index (χ2v) is 7.38. The van der Waals surface area contributed by atoms with Crippen molar-refractivity contribution in [3.05, 3.63) is 77.4 Å². The minimum atomic E-state index is -4.30. The Morgan fingerprint density at radius 2 is 1.73 bits per heavy atom. The molecular formula is C20H19NO4S. The van der Waals surface area contributed by atoms with E-state index in [0.29, 0.717) is 11.4 Å². The van der Waals surface area contributed by atoms with Crippen LogP contribution in [0.2, 0.25) is 0 Å². The summed E-state index contributed by atoms with van der Waals surface area (Å²) in [5.74, 6) is 0.425. The number of rotatable bonds is 5. The van der Waals surface area contributed by atoms with Gasteiger partial charge in [-0.3, -0.25) is 4.55 Å². The number of ether oxygens (including phenoxy) is 1. The van der Waals surface area contributed by atoms with Crippen LogP contribution < -0.4 is 4.74 Å². The molecule has 1 heterocycles. The minimum Gasteiger partial charge on any atom is -0.481 e. The van der Waals surface area contributed by atoms with Crippen LogP contribution in [0.3, 0.4) is 0 Å². The van der Waals surface area contributed by atoms with Crippen LogP contribution in [0.5, 0.6) is 5.88 Å². The van der Waals surface area contributed by atoms with Gasteiger partial charge in [0.05, 0.1) is 17.7 Å². The Balaban J connectivity index is 2.03. The van der Waals surface area contributed by atoms with Crippen molar-refractivity contribution in [2.75, 3.05) is 7.11 Å². The summed E-state index contributed by atoms with van der Waals surface area (Å²) in [5, 5.41) is 0. The van der Waals surface area contributed by atoms with Crippen LogP contribution in [0.25, 0.3) is 11.3 Å². The van der Waals surface area contributed by atoms with Crippen molar-refractivity contribution in [1.82, 2.24) is 4.98 Å². The third-order valence-corrected chi connectivity index (χ3v) is 5.03. The van der Waals surface area contributed by atoms with Gasteiger partial charge in [-0.25, -0.2) is 4.98 Å². The molecule has 0 saturated heterocycles. The molecule has 6 heteroatoms. The van der Waals surface area contributed by atoms with Crippen molar-refractivity contribution in [2.45, 2.75) is 18.2 Å². The summed E-state index contributed by atoms with van der Waals surface area (Å²) < 4.78 is 38.2. The maximum absolute atomic E-state index is 11.7. The number of hydrogen-bond donors (Lipinski definition) is 1. The van der Waals surface area contributed by atoms with Gasteiger partial charge >= 0.3 is 0 Å². The van der Waals surface area contributed by atoms with E-state index in [2.05, 4.69) is 4.98 Å². The van der Waals surface area contributed by atoms with Gasteiger partial charge in [0.1, 0.15) is 0 Å². The lowest BCUT2D eigenvalue weighted by Gasteiger charge is -2.12. The van der Waals surface area contributed by atoms with Gasteiger partial charge in [-0.1, -0.05) is 54.1 Å². The lowest BCUT2D eigenvalue weighted by molar-refractivity contribution is 0.394. The summed E-state index contributed by atoms with van der Waals surface area (Å²) in [6.07, 6.45) is 0.280. The molecule has 0 aliphatic rings. The van der Waals surface area contributed by atoms with Crippen molar-refractivity contribution < 1.29 is 17.7 Å². The van der Waals surface area contributed by atoms with E-state index >= 15 is 0 Å². The molecule has 0 saturated carbocycles. The average molecular weight is 369 g/mol. The molecule has 0 aliphatic heterocycles. The number of aryl methyl sites for hydroxylation is 1. The Kier molecular flexibility index (Phi) is 5.06. The van der Waals surface area contributed by atoms with Gasteiger partial charge in [0.25, 0.3) is 10.1 Å². The van der Waals surface area contributed by atoms with Crippen LogP contribution in [0.15, 0.2) is 65.6 Å². The molecule has 3 rings (SSSR count). The molecule has 1 N–H and O–H groups in total. The molecule has 0 unspecified atom stereocenters. The van der Waals surface area contributed by atoms with Crippen LogP contribution in [0.4, 0.5) is 0 Å². The Hall–Kier alpha value is -2.70. The SMILES string of the molecule is COc1nc(-c2ccccc2)ccc1Cc1cc(C)ccc1S(=O)(=O)O. The molecule has 0 fully saturated rings. The summed E-state index contributed by atoms with van der Waals surface area (Å²) in [5.41, 5.74) is 3.87. The zero-order valence-electron chi connectivity index (χ0n) is 14.5. The molecule has 0 amide bonds. The third kappa shape index (κ3) is 3.92. The van der Waals surface area contributed by atoms with Crippen LogP contribution in [0.1, 0.15) is 16.7 Å². The molecule has 134 valence electrons. The fraction of sp³-hybridized carbons (Fsp3) is 0.150. The maximum atomic E-state index is 11.7. The quantitative estimate of drug-likeness (QED) is 0.690. The van der Waals surface area contributed by atoms with E-state index in [4.69, 9.17) is 4.74 Å². The minimum absolute atomic E-state index is 0.0997. The second-order valence-electron chi connectivity index (χ2n) is 5.99. The summed E-state index contributed by atoms with van der Waals surface area (Å²) >= 11 is 0. The highest BCUT2D eigenvalue weighted by molar-refractivity contribution is 7.85. The van der Waals surface area contributed by atoms with Gasteiger partial charge in [-0.2, -0.15) is 8.42 Å². The third-order valence-electron chi connectivity index (χ3n) is 4.08. The molecule has 0 spiro atoms. The lowest BCUT2D eigenvalue weighted by atomic mass is 10.0. The van der Waals surface area contributed by atoms with Gasteiger partial charge in [0, 0.05) is 17.5 Å². The maximum Gasteiger partial charge on any atom is 0.294 e. The predicted octanol–water partition coefficient (Wildman–Crippen LogP) is 3.90. The molecule has 5 nitrogen and oxygen atoms in total. The summed E-state index contributed by atoms with van der Waals surface area (Å²) in [6, 6.07) is 18.3. The molecule has 26 heavy (non-hydrogen) atoms. The first-order chi connectivity index (χ1) is 12.4. The van der Waals surface area contributed by atoms with Crippen LogP contribution in [-0.4, -0.2) is 25.1 Å². The summed E-state index contributed by atoms with van der Waals surface area (Å²) in [6.45, 7) is 1.87. The van der Waals surface area contributed by atoms with E-state index in [0.717, 1.165) is 22.4 Å². The lowest BCUT2D eigenvalue weighted by Crippen LogP contribution is -2.05. The van der Waals surface area contributed by atoms with Gasteiger partial charge in [0.2, 0.25) is 5.88 Å². The summed E-state index contributed by atoms with van der Waals surface area (Å²) in [7, 11) is -2.77. The van der Waals surface area contributed by atoms with E-state index in [1.54, 1.807) is 12.1 Å². The van der Waals surface area contributed by atoms with Crippen molar-refractivity contribution in [3.63, 3.8) is 0 Å². The van der Waals surface area contributed by atoms with E-state index in [9.17, 15) is 13.0 Å². The van der Waals surface area contributed by atoms with E-state index in [-0.39, 0.29) is 11.3 Å². The highest BCUT2D eigenvalue weighted by Gasteiger charge is 2.17. The molecule has 0 radical (unpaired) electrons. The van der Waals surface area contributed by atoms with Gasteiger partial charge in [-0.15, -0.1) is 0 Å². The number of hydrogen-bond acceptors (Lipinski definition) is 4. The van der Waals surface area contributed by atoms with Crippen molar-refractivity contribution >= 4 is 10.1 Å². The fourth-order valence-corrected chi connectivity index (χ4v) is 3.56. The zero-order chi connectivity index (χ0) is 18.7. The Bertz CT molecular complexity index is 1030. The average Bonchev–Trinajstić information content (AvgIpc) is 2.62. The molecule has 0 atom stereocenters. The number of aromatic nitrogens is 1. The fourth-order valence-electron chi connectivity index (χ4n) is 2.85. The van der Waals surface area contributed by atoms with Gasteiger partial charge in [0.15, 0.2) is 0 Å². The van der Waals surface area contributed by atoms with Crippen LogP contribution >= 0.6 is 0 Å². The van der Waals surface area contributed by atoms with Crippen molar-refractivity contribution in [1.29, 1.82) is 0 Å².